The Bertz CT molecular complexity index is 946. The zero-order valence-corrected chi connectivity index (χ0v) is 19.3. The molecular weight excluding hydrogens is 422 g/mol. The van der Waals surface area contributed by atoms with Crippen molar-refractivity contribution in [3.05, 3.63) is 46.2 Å². The van der Waals surface area contributed by atoms with E-state index in [-0.39, 0.29) is 11.9 Å². The summed E-state index contributed by atoms with van der Waals surface area (Å²) in [6.07, 6.45) is 3.34. The van der Waals surface area contributed by atoms with Crippen molar-refractivity contribution in [2.24, 2.45) is 0 Å². The molecule has 0 saturated carbocycles. The zero-order valence-electron chi connectivity index (χ0n) is 18.5. The van der Waals surface area contributed by atoms with Gasteiger partial charge in [-0.1, -0.05) is 0 Å². The zero-order chi connectivity index (χ0) is 21.9. The summed E-state index contributed by atoms with van der Waals surface area (Å²) < 4.78 is 0. The molecule has 0 bridgehead atoms. The van der Waals surface area contributed by atoms with Crippen LogP contribution in [-0.4, -0.2) is 79.0 Å². The van der Waals surface area contributed by atoms with Gasteiger partial charge < -0.3 is 20.0 Å². The van der Waals surface area contributed by atoms with E-state index in [2.05, 4.69) is 38.7 Å². The Morgan fingerprint density at radius 3 is 2.38 bits per heavy atom. The first-order chi connectivity index (χ1) is 15.7. The molecule has 1 aromatic carbocycles. The third-order valence-electron chi connectivity index (χ3n) is 6.77. The molecule has 0 aliphatic carbocycles. The molecule has 32 heavy (non-hydrogen) atoms. The van der Waals surface area contributed by atoms with Crippen LogP contribution in [0.2, 0.25) is 0 Å². The minimum atomic E-state index is -0.0656. The minimum absolute atomic E-state index is 0.0656. The average Bonchev–Trinajstić information content (AvgIpc) is 3.52. The Labute approximate surface area is 193 Å². The maximum absolute atomic E-state index is 12.7. The van der Waals surface area contributed by atoms with Gasteiger partial charge in [0.15, 0.2) is 0 Å². The Morgan fingerprint density at radius 2 is 1.62 bits per heavy atom. The van der Waals surface area contributed by atoms with E-state index in [9.17, 15) is 9.59 Å². The number of thiophene rings is 1. The van der Waals surface area contributed by atoms with Crippen LogP contribution in [0.25, 0.3) is 0 Å². The van der Waals surface area contributed by atoms with Gasteiger partial charge in [-0.25, -0.2) is 4.79 Å². The fraction of sp³-hybridized carbons (Fsp3) is 0.500. The number of carbonyl (C=O) groups excluding carboxylic acids is 2. The number of nitrogens with zero attached hydrogens (tertiary/aromatic N) is 4. The van der Waals surface area contributed by atoms with Crippen LogP contribution in [0.15, 0.2) is 35.7 Å². The number of anilines is 2. The highest BCUT2D eigenvalue weighted by atomic mass is 32.1. The van der Waals surface area contributed by atoms with Crippen molar-refractivity contribution >= 4 is 34.6 Å². The summed E-state index contributed by atoms with van der Waals surface area (Å²) in [7, 11) is 0. The highest BCUT2D eigenvalue weighted by Gasteiger charge is 2.25. The maximum Gasteiger partial charge on any atom is 0.321 e. The van der Waals surface area contributed by atoms with Gasteiger partial charge in [-0.15, -0.1) is 11.3 Å². The molecule has 1 N–H and O–H groups in total. The second-order valence-electron chi connectivity index (χ2n) is 8.87. The maximum atomic E-state index is 12.7. The van der Waals surface area contributed by atoms with Crippen LogP contribution in [0.3, 0.4) is 0 Å². The molecule has 3 aliphatic heterocycles. The predicted molar refractivity (Wildman–Crippen MR) is 128 cm³/mol. The third-order valence-corrected chi connectivity index (χ3v) is 7.79. The summed E-state index contributed by atoms with van der Waals surface area (Å²) in [5, 5.41) is 5.21. The standard InChI is InChI=1S/C24H31N5O2S/c30-23(27-9-1-2-10-27)18-26-12-14-28(15-13-26)24(31)25-20-3-5-21(6-4-20)29-11-7-22-19(17-29)8-16-32-22/h3-6,8,16H,1-2,7,9-15,17-18H2,(H,25,31). The monoisotopic (exact) mass is 453 g/mol. The summed E-state index contributed by atoms with van der Waals surface area (Å²) in [5.41, 5.74) is 3.44. The highest BCUT2D eigenvalue weighted by molar-refractivity contribution is 7.10. The van der Waals surface area contributed by atoms with Crippen molar-refractivity contribution < 1.29 is 9.59 Å². The lowest BCUT2D eigenvalue weighted by Gasteiger charge is -2.35. The van der Waals surface area contributed by atoms with Gasteiger partial charge in [-0.05, 0) is 60.5 Å². The van der Waals surface area contributed by atoms with E-state index in [1.165, 1.54) is 16.1 Å². The number of hydrogen-bond acceptors (Lipinski definition) is 5. The Hall–Kier alpha value is -2.58. The van der Waals surface area contributed by atoms with Crippen molar-refractivity contribution in [2.45, 2.75) is 25.8 Å². The van der Waals surface area contributed by atoms with E-state index in [0.717, 1.165) is 64.2 Å². The summed E-state index contributed by atoms with van der Waals surface area (Å²) in [6, 6.07) is 10.3. The van der Waals surface area contributed by atoms with Crippen LogP contribution in [0.4, 0.5) is 16.2 Å². The first kappa shape index (κ1) is 21.3. The molecule has 170 valence electrons. The number of urea groups is 1. The third kappa shape index (κ3) is 4.76. The molecule has 8 heteroatoms. The summed E-state index contributed by atoms with van der Waals surface area (Å²) in [6.45, 7) is 7.03. The van der Waals surface area contributed by atoms with E-state index in [4.69, 9.17) is 0 Å². The topological polar surface area (TPSA) is 59.1 Å². The van der Waals surface area contributed by atoms with Crippen molar-refractivity contribution in [1.29, 1.82) is 0 Å². The second-order valence-corrected chi connectivity index (χ2v) is 9.87. The molecule has 3 aliphatic rings. The van der Waals surface area contributed by atoms with Crippen LogP contribution < -0.4 is 10.2 Å². The molecule has 2 saturated heterocycles. The van der Waals surface area contributed by atoms with Gasteiger partial charge in [-0.3, -0.25) is 9.69 Å². The highest BCUT2D eigenvalue weighted by Crippen LogP contribution is 2.28. The van der Waals surface area contributed by atoms with Crippen LogP contribution in [0.5, 0.6) is 0 Å². The molecule has 3 amide bonds. The molecular formula is C24H31N5O2S. The normalized spacial score (nSPS) is 19.2. The predicted octanol–water partition coefficient (Wildman–Crippen LogP) is 3.08. The molecule has 0 unspecified atom stereocenters. The summed E-state index contributed by atoms with van der Waals surface area (Å²) in [5.74, 6) is 0.226. The van der Waals surface area contributed by atoms with Crippen LogP contribution >= 0.6 is 11.3 Å². The number of amides is 3. The SMILES string of the molecule is O=C(CN1CCN(C(=O)Nc2ccc(N3CCc4sccc4C3)cc2)CC1)N1CCCC1. The minimum Gasteiger partial charge on any atom is -0.367 e. The fourth-order valence-corrected chi connectivity index (χ4v) is 5.68. The van der Waals surface area contributed by atoms with Crippen molar-refractivity contribution in [1.82, 2.24) is 14.7 Å². The lowest BCUT2D eigenvalue weighted by atomic mass is 10.1. The Kier molecular flexibility index (Phi) is 6.32. The first-order valence-corrected chi connectivity index (χ1v) is 12.5. The summed E-state index contributed by atoms with van der Waals surface area (Å²) >= 11 is 1.85. The second kappa shape index (κ2) is 9.50. The number of likely N-dealkylation sites (tertiary alicyclic amines) is 1. The molecule has 7 nitrogen and oxygen atoms in total. The number of fused-ring (bicyclic) bond motifs is 1. The van der Waals surface area contributed by atoms with Crippen molar-refractivity contribution in [3.63, 3.8) is 0 Å². The number of benzene rings is 1. The van der Waals surface area contributed by atoms with Gasteiger partial charge in [0.1, 0.15) is 0 Å². The molecule has 2 aromatic rings. The Balaban J connectivity index is 1.09. The van der Waals surface area contributed by atoms with Gasteiger partial charge >= 0.3 is 6.03 Å². The Morgan fingerprint density at radius 1 is 0.875 bits per heavy atom. The smallest absolute Gasteiger partial charge is 0.321 e. The molecule has 1 aromatic heterocycles. The van der Waals surface area contributed by atoms with E-state index in [1.54, 1.807) is 0 Å². The van der Waals surface area contributed by atoms with Crippen LogP contribution in [0, 0.1) is 0 Å². The fourth-order valence-electron chi connectivity index (χ4n) is 4.79. The molecule has 0 radical (unpaired) electrons. The number of nitrogens with one attached hydrogen (secondary N) is 1. The number of rotatable bonds is 4. The largest absolute Gasteiger partial charge is 0.367 e. The van der Waals surface area contributed by atoms with Gasteiger partial charge in [-0.2, -0.15) is 0 Å². The van der Waals surface area contributed by atoms with Gasteiger partial charge in [0.2, 0.25) is 5.91 Å². The number of hydrogen-bond donors (Lipinski definition) is 1. The number of carbonyl (C=O) groups is 2. The molecule has 2 fully saturated rings. The molecule has 4 heterocycles. The van der Waals surface area contributed by atoms with Crippen molar-refractivity contribution in [2.75, 3.05) is 62.6 Å². The molecule has 5 rings (SSSR count). The quantitative estimate of drug-likeness (QED) is 0.773. The van der Waals surface area contributed by atoms with E-state index >= 15 is 0 Å². The van der Waals surface area contributed by atoms with Crippen molar-refractivity contribution in [3.8, 4) is 0 Å². The van der Waals surface area contributed by atoms with E-state index < -0.39 is 0 Å². The van der Waals surface area contributed by atoms with Gasteiger partial charge in [0, 0.05) is 68.6 Å². The van der Waals surface area contributed by atoms with Gasteiger partial charge in [0.05, 0.1) is 6.54 Å². The molecule has 0 atom stereocenters. The first-order valence-electron chi connectivity index (χ1n) is 11.6. The van der Waals surface area contributed by atoms with Gasteiger partial charge in [0.25, 0.3) is 0 Å². The molecule has 0 spiro atoms. The number of piperazine rings is 1. The van der Waals surface area contributed by atoms with Crippen LogP contribution in [-0.2, 0) is 17.8 Å². The lowest BCUT2D eigenvalue weighted by molar-refractivity contribution is -0.131. The van der Waals surface area contributed by atoms with Crippen LogP contribution in [0.1, 0.15) is 23.3 Å². The summed E-state index contributed by atoms with van der Waals surface area (Å²) in [4.78, 5) is 34.9. The average molecular weight is 454 g/mol. The van der Waals surface area contributed by atoms with E-state index in [0.29, 0.717) is 19.6 Å². The van der Waals surface area contributed by atoms with E-state index in [1.807, 2.05) is 33.3 Å². The lowest BCUT2D eigenvalue weighted by Crippen LogP contribution is -2.52.